The first-order valence-corrected chi connectivity index (χ1v) is 25.5. The van der Waals surface area contributed by atoms with Crippen molar-refractivity contribution in [2.24, 2.45) is 0 Å². The van der Waals surface area contributed by atoms with Crippen molar-refractivity contribution in [3.8, 4) is 28.7 Å². The van der Waals surface area contributed by atoms with Crippen molar-refractivity contribution in [1.82, 2.24) is 0 Å². The topological polar surface area (TPSA) is 492 Å². The molecule has 0 atom stereocenters. The van der Waals surface area contributed by atoms with Crippen LogP contribution in [0.15, 0.2) is 115 Å². The van der Waals surface area contributed by atoms with Gasteiger partial charge in [0.05, 0.1) is 31.5 Å². The molecule has 0 fully saturated rings. The number of unbranched alkanes of at least 4 members (excludes halogenated alkanes) is 9. The van der Waals surface area contributed by atoms with Gasteiger partial charge in [0.15, 0.2) is 5.75 Å². The fourth-order valence-corrected chi connectivity index (χ4v) is 6.68. The Balaban J connectivity index is 0. The van der Waals surface area contributed by atoms with Gasteiger partial charge in [-0.25, -0.2) is 28.8 Å². The highest BCUT2D eigenvalue weighted by molar-refractivity contribution is 5.94. The summed E-state index contributed by atoms with van der Waals surface area (Å²) in [6.07, 6.45) is 12.9. The van der Waals surface area contributed by atoms with Gasteiger partial charge in [-0.2, -0.15) is 0 Å². The molecule has 28 nitrogen and oxygen atoms in total. The Kier molecular flexibility index (Phi) is 36.6. The number of nitro benzene ring substituents is 3. The SMILES string of the molecule is C.CCCCCCCCCCCCC(=O)O.Cc1cc(C(=O)O)c(O)c([N+](=O)[O-])c1.Cc1cc(C(=O)O)c(O)c([N+](=O)[O-])c1.Cc1ccc(C(=O)O)cc1.O=C(O)c1ccc(O)c([N+](=O)[O-])c1.O=C(O)c1cccc(O)c1.O=C(O)c1ccccc1O. The number of carboxylic acid groups (broad SMARTS) is 7. The molecular formula is C59H69N3O25. The number of benzene rings is 6. The fourth-order valence-electron chi connectivity index (χ4n) is 6.68. The second kappa shape index (κ2) is 40.9. The zero-order chi connectivity index (χ0) is 65.8. The Hall–Kier alpha value is -11.2. The van der Waals surface area contributed by atoms with Gasteiger partial charge in [-0.3, -0.25) is 35.1 Å². The molecule has 0 aliphatic rings. The second-order valence-electron chi connectivity index (χ2n) is 17.9. The lowest BCUT2D eigenvalue weighted by Gasteiger charge is -2.01. The molecule has 0 aromatic heterocycles. The molecule has 0 saturated carbocycles. The average molecular weight is 1220 g/mol. The normalized spacial score (nSPS) is 9.56. The van der Waals surface area contributed by atoms with Gasteiger partial charge in [0, 0.05) is 24.6 Å². The molecule has 87 heavy (non-hydrogen) atoms. The first-order chi connectivity index (χ1) is 40.3. The van der Waals surface area contributed by atoms with Crippen LogP contribution in [0.5, 0.6) is 28.7 Å². The Labute approximate surface area is 497 Å². The summed E-state index contributed by atoms with van der Waals surface area (Å²) in [4.78, 5) is 101. The number of aliphatic carboxylic acids is 1. The molecule has 28 heteroatoms. The molecule has 12 N–H and O–H groups in total. The molecule has 6 aromatic carbocycles. The average Bonchev–Trinajstić information content (AvgIpc) is 2.95. The van der Waals surface area contributed by atoms with Crippen molar-refractivity contribution < 1.29 is 110 Å². The summed E-state index contributed by atoms with van der Waals surface area (Å²) < 4.78 is 0. The number of carbonyl (C=O) groups is 7. The molecule has 0 aliphatic carbocycles. The van der Waals surface area contributed by atoms with E-state index in [4.69, 9.17) is 51.1 Å². The van der Waals surface area contributed by atoms with Gasteiger partial charge in [0.1, 0.15) is 28.2 Å². The predicted octanol–water partition coefficient (Wildman–Crippen LogP) is 12.5. The number of hydrogen-bond acceptors (Lipinski definition) is 18. The van der Waals surface area contributed by atoms with Crippen LogP contribution in [0.1, 0.15) is 164 Å². The second-order valence-corrected chi connectivity index (χ2v) is 17.9. The smallest absolute Gasteiger partial charge is 0.339 e. The van der Waals surface area contributed by atoms with Crippen molar-refractivity contribution in [3.63, 3.8) is 0 Å². The largest absolute Gasteiger partial charge is 0.508 e. The number of phenolic OH excluding ortho intramolecular Hbond substituents is 2. The standard InChI is InChI=1S/C13H26O2.2C8H7NO5.C8H8O2.C7H5NO5.2C7H6O3.CH4/c1-2-3-4-5-6-7-8-9-10-11-12-13(14)15;2*1-4-2-5(8(11)12)7(10)6(3-4)9(13)14;1-6-2-4-7(5-3-6)8(9)10;9-6-2-1-4(7(10)11)3-5(6)8(12)13;8-6-3-1-2-5(4-6)7(9)10;8-6-4-2-1-3-5(6)7(9)10;/h2-12H2,1H3,(H,14,15);2*2-3,10H,1H3,(H,11,12);2-5H,1H3,(H,9,10);1-3,9H,(H,10,11);2*1-4,8H,(H,9,10);1H4. The lowest BCUT2D eigenvalue weighted by atomic mass is 10.1. The Morgan fingerprint density at radius 1 is 0.379 bits per heavy atom. The van der Waals surface area contributed by atoms with Gasteiger partial charge >= 0.3 is 58.8 Å². The van der Waals surface area contributed by atoms with E-state index in [0.717, 1.165) is 48.7 Å². The van der Waals surface area contributed by atoms with Crippen LogP contribution in [0, 0.1) is 51.1 Å². The maximum atomic E-state index is 10.6. The Bertz CT molecular complexity index is 3140. The van der Waals surface area contributed by atoms with E-state index in [1.165, 1.54) is 114 Å². The minimum Gasteiger partial charge on any atom is -0.508 e. The van der Waals surface area contributed by atoms with E-state index in [1.807, 2.05) is 6.92 Å². The van der Waals surface area contributed by atoms with E-state index in [9.17, 15) is 74.1 Å². The summed E-state index contributed by atoms with van der Waals surface area (Å²) in [5, 5.41) is 136. The zero-order valence-corrected chi connectivity index (χ0v) is 46.8. The quantitative estimate of drug-likeness (QED) is 0.0192. The molecule has 6 rings (SSSR count). The number of hydrogen-bond donors (Lipinski definition) is 12. The van der Waals surface area contributed by atoms with Gasteiger partial charge in [-0.05, 0) is 105 Å². The van der Waals surface area contributed by atoms with Crippen LogP contribution < -0.4 is 0 Å². The monoisotopic (exact) mass is 1220 g/mol. The summed E-state index contributed by atoms with van der Waals surface area (Å²) in [5.41, 5.74) is -0.695. The summed E-state index contributed by atoms with van der Waals surface area (Å²) in [6, 6.07) is 25.5. The molecular weight excluding hydrogens is 1150 g/mol. The lowest BCUT2D eigenvalue weighted by molar-refractivity contribution is -0.386. The van der Waals surface area contributed by atoms with Gasteiger partial charge < -0.3 is 61.3 Å². The minimum atomic E-state index is -1.39. The van der Waals surface area contributed by atoms with Crippen molar-refractivity contribution in [3.05, 3.63) is 196 Å². The van der Waals surface area contributed by atoms with E-state index in [-0.39, 0.29) is 35.6 Å². The van der Waals surface area contributed by atoms with Crippen LogP contribution >= 0.6 is 0 Å². The maximum absolute atomic E-state index is 10.6. The van der Waals surface area contributed by atoms with E-state index in [0.29, 0.717) is 23.1 Å². The zero-order valence-electron chi connectivity index (χ0n) is 46.8. The van der Waals surface area contributed by atoms with Gasteiger partial charge in [0.25, 0.3) is 0 Å². The number of aromatic hydroxyl groups is 5. The predicted molar refractivity (Wildman–Crippen MR) is 314 cm³/mol. The highest BCUT2D eigenvalue weighted by Crippen LogP contribution is 2.32. The van der Waals surface area contributed by atoms with Crippen LogP contribution in [-0.2, 0) is 4.79 Å². The molecule has 470 valence electrons. The van der Waals surface area contributed by atoms with Gasteiger partial charge in [-0.1, -0.05) is 108 Å². The summed E-state index contributed by atoms with van der Waals surface area (Å²) >= 11 is 0. The van der Waals surface area contributed by atoms with Crippen molar-refractivity contribution in [1.29, 1.82) is 0 Å². The van der Waals surface area contributed by atoms with Crippen LogP contribution in [0.3, 0.4) is 0 Å². The summed E-state index contributed by atoms with van der Waals surface area (Å²) in [6.45, 7) is 7.19. The molecule has 0 unspecified atom stereocenters. The van der Waals surface area contributed by atoms with E-state index >= 15 is 0 Å². The van der Waals surface area contributed by atoms with Crippen molar-refractivity contribution in [2.45, 2.75) is 106 Å². The van der Waals surface area contributed by atoms with Crippen LogP contribution in [0.2, 0.25) is 0 Å². The van der Waals surface area contributed by atoms with E-state index in [2.05, 4.69) is 6.92 Å². The summed E-state index contributed by atoms with van der Waals surface area (Å²) in [5.74, 6) is -10.1. The number of aryl methyl sites for hydroxylation is 3. The molecule has 0 radical (unpaired) electrons. The van der Waals surface area contributed by atoms with Crippen molar-refractivity contribution in [2.75, 3.05) is 0 Å². The third-order valence-electron chi connectivity index (χ3n) is 11.0. The lowest BCUT2D eigenvalue weighted by Crippen LogP contribution is -2.00. The highest BCUT2D eigenvalue weighted by atomic mass is 16.6. The number of phenols is 5. The maximum Gasteiger partial charge on any atom is 0.339 e. The highest BCUT2D eigenvalue weighted by Gasteiger charge is 2.23. The first-order valence-electron chi connectivity index (χ1n) is 25.5. The van der Waals surface area contributed by atoms with Crippen LogP contribution in [0.25, 0.3) is 0 Å². The van der Waals surface area contributed by atoms with Crippen molar-refractivity contribution >= 4 is 58.8 Å². The molecule has 0 aliphatic heterocycles. The molecule has 0 spiro atoms. The number of carboxylic acids is 7. The number of para-hydroxylation sites is 1. The van der Waals surface area contributed by atoms with Crippen LogP contribution in [-0.4, -0.2) is 118 Å². The molecule has 0 amide bonds. The fraction of sp³-hybridized carbons (Fsp3) is 0.271. The first kappa shape index (κ1) is 77.9. The van der Waals surface area contributed by atoms with Crippen LogP contribution in [0.4, 0.5) is 17.1 Å². The van der Waals surface area contributed by atoms with Gasteiger partial charge in [-0.15, -0.1) is 0 Å². The molecule has 6 aromatic rings. The van der Waals surface area contributed by atoms with E-state index < -0.39 is 102 Å². The molecule has 0 saturated heterocycles. The minimum absolute atomic E-state index is 0. The number of nitrogens with zero attached hydrogens (tertiary/aromatic N) is 3. The number of nitro groups is 3. The number of aromatic carboxylic acids is 6. The summed E-state index contributed by atoms with van der Waals surface area (Å²) in [7, 11) is 0. The molecule has 0 heterocycles. The Morgan fingerprint density at radius 2 is 0.770 bits per heavy atom. The third-order valence-corrected chi connectivity index (χ3v) is 11.0. The van der Waals surface area contributed by atoms with Gasteiger partial charge in [0.2, 0.25) is 11.5 Å². The molecule has 0 bridgehead atoms. The third kappa shape index (κ3) is 31.2. The Morgan fingerprint density at radius 3 is 1.11 bits per heavy atom. The number of rotatable bonds is 20. The van der Waals surface area contributed by atoms with E-state index in [1.54, 1.807) is 36.4 Å².